The van der Waals surface area contributed by atoms with Gasteiger partial charge in [0, 0.05) is 11.9 Å². The highest BCUT2D eigenvalue weighted by Gasteiger charge is 1.91. The lowest BCUT2D eigenvalue weighted by molar-refractivity contribution is 0.584. The molecule has 0 aliphatic rings. The molecule has 0 spiro atoms. The quantitative estimate of drug-likeness (QED) is 0.379. The highest BCUT2D eigenvalue weighted by Crippen LogP contribution is 2.10. The normalized spacial score (nSPS) is 11.1. The Labute approximate surface area is 112 Å². The molecule has 18 heavy (non-hydrogen) atoms. The Hall–Kier alpha value is -1.24. The van der Waals surface area contributed by atoms with Gasteiger partial charge in [0.15, 0.2) is 0 Å². The summed E-state index contributed by atoms with van der Waals surface area (Å²) in [7, 11) is 0. The molecule has 0 aliphatic heterocycles. The summed E-state index contributed by atoms with van der Waals surface area (Å²) >= 11 is 0. The Morgan fingerprint density at radius 1 is 0.944 bits per heavy atom. The van der Waals surface area contributed by atoms with E-state index in [9.17, 15) is 0 Å². The van der Waals surface area contributed by atoms with Crippen LogP contribution in [0.15, 0.2) is 37.1 Å². The number of allylic oxidation sites excluding steroid dienone is 2. The van der Waals surface area contributed by atoms with Crippen molar-refractivity contribution >= 4 is 6.08 Å². The number of hydrogen-bond acceptors (Lipinski definition) is 0. The fourth-order valence-electron chi connectivity index (χ4n) is 2.09. The average Bonchev–Trinajstić information content (AvgIpc) is 2.89. The Bertz CT molecular complexity index is 308. The third-order valence-corrected chi connectivity index (χ3v) is 3.20. The summed E-state index contributed by atoms with van der Waals surface area (Å²) in [5, 5.41) is 0. The van der Waals surface area contributed by atoms with Gasteiger partial charge < -0.3 is 4.98 Å². The zero-order valence-electron chi connectivity index (χ0n) is 11.5. The molecule has 1 heterocycles. The number of nitrogens with one attached hydrogen (secondary N) is 1. The van der Waals surface area contributed by atoms with Gasteiger partial charge in [-0.3, -0.25) is 0 Å². The van der Waals surface area contributed by atoms with Crippen molar-refractivity contribution in [3.8, 4) is 0 Å². The van der Waals surface area contributed by atoms with Gasteiger partial charge in [-0.05, 0) is 43.9 Å². The lowest BCUT2D eigenvalue weighted by atomic mass is 10.1. The van der Waals surface area contributed by atoms with Crippen LogP contribution in [0.25, 0.3) is 6.08 Å². The number of hydrogen-bond donors (Lipinski definition) is 1. The van der Waals surface area contributed by atoms with Gasteiger partial charge in [0.2, 0.25) is 0 Å². The topological polar surface area (TPSA) is 15.8 Å². The Balaban J connectivity index is 1.83. The van der Waals surface area contributed by atoms with Crippen LogP contribution in [0.2, 0.25) is 0 Å². The van der Waals surface area contributed by atoms with Crippen LogP contribution in [0.5, 0.6) is 0 Å². The number of unbranched alkanes of at least 4 members (excludes halogenated alkanes) is 8. The molecule has 0 atom stereocenters. The van der Waals surface area contributed by atoms with E-state index < -0.39 is 0 Å². The first-order valence-electron chi connectivity index (χ1n) is 7.34. The van der Waals surface area contributed by atoms with E-state index in [-0.39, 0.29) is 0 Å². The van der Waals surface area contributed by atoms with Crippen LogP contribution in [0.3, 0.4) is 0 Å². The van der Waals surface area contributed by atoms with E-state index in [0.717, 1.165) is 0 Å². The Kier molecular flexibility index (Phi) is 8.96. The molecule has 0 saturated carbocycles. The van der Waals surface area contributed by atoms with Crippen molar-refractivity contribution in [1.82, 2.24) is 4.98 Å². The number of aromatic amines is 1. The van der Waals surface area contributed by atoms with Crippen LogP contribution in [-0.4, -0.2) is 4.98 Å². The third kappa shape index (κ3) is 7.94. The zero-order valence-corrected chi connectivity index (χ0v) is 11.5. The molecular formula is C17H27N. The van der Waals surface area contributed by atoms with Gasteiger partial charge in [0.1, 0.15) is 0 Å². The highest BCUT2D eigenvalue weighted by molar-refractivity contribution is 5.43. The van der Waals surface area contributed by atoms with Gasteiger partial charge in [-0.15, -0.1) is 6.58 Å². The fraction of sp³-hybridized carbons (Fsp3) is 0.529. The van der Waals surface area contributed by atoms with Gasteiger partial charge in [0.05, 0.1) is 0 Å². The molecule has 1 rings (SSSR count). The third-order valence-electron chi connectivity index (χ3n) is 3.20. The van der Waals surface area contributed by atoms with Crippen LogP contribution >= 0.6 is 0 Å². The first-order valence-corrected chi connectivity index (χ1v) is 7.34. The van der Waals surface area contributed by atoms with Gasteiger partial charge in [-0.25, -0.2) is 0 Å². The first-order chi connectivity index (χ1) is 8.93. The number of aromatic nitrogens is 1. The largest absolute Gasteiger partial charge is 0.362 e. The molecule has 0 aromatic carbocycles. The monoisotopic (exact) mass is 245 g/mol. The van der Waals surface area contributed by atoms with Crippen molar-refractivity contribution in [3.05, 3.63) is 42.8 Å². The number of H-pyrrole nitrogens is 1. The minimum atomic E-state index is 1.18. The summed E-state index contributed by atoms with van der Waals surface area (Å²) in [4.78, 5) is 3.18. The predicted octanol–water partition coefficient (Wildman–Crippen LogP) is 5.72. The Morgan fingerprint density at radius 3 is 2.22 bits per heavy atom. The maximum absolute atomic E-state index is 3.75. The smallest absolute Gasteiger partial charge is 0.0377 e. The van der Waals surface area contributed by atoms with Crippen LogP contribution in [0.1, 0.15) is 63.5 Å². The molecule has 0 saturated heterocycles. The van der Waals surface area contributed by atoms with Crippen molar-refractivity contribution in [1.29, 1.82) is 0 Å². The molecule has 1 aromatic heterocycles. The predicted molar refractivity (Wildman–Crippen MR) is 81.6 cm³/mol. The van der Waals surface area contributed by atoms with Crippen molar-refractivity contribution in [2.45, 2.75) is 57.8 Å². The van der Waals surface area contributed by atoms with E-state index >= 15 is 0 Å². The van der Waals surface area contributed by atoms with Crippen LogP contribution in [0.4, 0.5) is 0 Å². The molecular weight excluding hydrogens is 218 g/mol. The zero-order chi connectivity index (χ0) is 12.9. The summed E-state index contributed by atoms with van der Waals surface area (Å²) in [6.07, 6.45) is 20.4. The van der Waals surface area contributed by atoms with Crippen molar-refractivity contribution < 1.29 is 0 Å². The van der Waals surface area contributed by atoms with Crippen LogP contribution < -0.4 is 0 Å². The molecule has 0 bridgehead atoms. The summed E-state index contributed by atoms with van der Waals surface area (Å²) in [6, 6.07) is 4.13. The molecule has 1 nitrogen and oxygen atoms in total. The van der Waals surface area contributed by atoms with E-state index in [1.165, 1.54) is 63.5 Å². The second-order valence-electron chi connectivity index (χ2n) is 4.87. The van der Waals surface area contributed by atoms with Crippen LogP contribution in [-0.2, 0) is 0 Å². The maximum Gasteiger partial charge on any atom is 0.0377 e. The minimum Gasteiger partial charge on any atom is -0.362 e. The first kappa shape index (κ1) is 14.8. The SMILES string of the molecule is C=CCCCCCCCCC/C=C/c1ccc[nH]1. The highest BCUT2D eigenvalue weighted by atomic mass is 14.7. The molecule has 0 amide bonds. The second kappa shape index (κ2) is 10.9. The van der Waals surface area contributed by atoms with E-state index in [4.69, 9.17) is 0 Å². The van der Waals surface area contributed by atoms with E-state index in [1.807, 2.05) is 18.3 Å². The summed E-state index contributed by atoms with van der Waals surface area (Å²) in [6.45, 7) is 3.75. The van der Waals surface area contributed by atoms with Gasteiger partial charge in [0.25, 0.3) is 0 Å². The van der Waals surface area contributed by atoms with E-state index in [0.29, 0.717) is 0 Å². The molecule has 1 heteroatoms. The van der Waals surface area contributed by atoms with Crippen molar-refractivity contribution in [2.24, 2.45) is 0 Å². The van der Waals surface area contributed by atoms with Gasteiger partial charge in [-0.2, -0.15) is 0 Å². The van der Waals surface area contributed by atoms with Gasteiger partial charge >= 0.3 is 0 Å². The van der Waals surface area contributed by atoms with E-state index in [1.54, 1.807) is 0 Å². The molecule has 1 N–H and O–H groups in total. The van der Waals surface area contributed by atoms with Gasteiger partial charge in [-0.1, -0.05) is 44.3 Å². The van der Waals surface area contributed by atoms with Crippen molar-refractivity contribution in [2.75, 3.05) is 0 Å². The van der Waals surface area contributed by atoms with Crippen molar-refractivity contribution in [3.63, 3.8) is 0 Å². The summed E-state index contributed by atoms with van der Waals surface area (Å²) in [5.41, 5.74) is 1.21. The minimum absolute atomic E-state index is 1.18. The van der Waals surface area contributed by atoms with Crippen LogP contribution in [0, 0.1) is 0 Å². The molecule has 0 aliphatic carbocycles. The molecule has 0 unspecified atom stereocenters. The lowest BCUT2D eigenvalue weighted by Crippen LogP contribution is -1.80. The second-order valence-corrected chi connectivity index (χ2v) is 4.87. The summed E-state index contributed by atoms with van der Waals surface area (Å²) in [5.74, 6) is 0. The molecule has 0 fully saturated rings. The Morgan fingerprint density at radius 2 is 1.61 bits per heavy atom. The maximum atomic E-state index is 3.75. The molecule has 1 aromatic rings. The number of rotatable bonds is 11. The summed E-state index contributed by atoms with van der Waals surface area (Å²) < 4.78 is 0. The standard InChI is InChI=1S/C17H27N/c1-2-3-4-5-6-7-8-9-10-11-12-14-17-15-13-16-18-17/h2,12-16,18H,1,3-11H2/b14-12+. The molecule has 100 valence electrons. The average molecular weight is 245 g/mol. The lowest BCUT2D eigenvalue weighted by Gasteiger charge is -1.99. The van der Waals surface area contributed by atoms with E-state index in [2.05, 4.69) is 29.8 Å². The molecule has 0 radical (unpaired) electrons. The fourth-order valence-corrected chi connectivity index (χ4v) is 2.09.